The maximum Gasteiger partial charge on any atom is 0.320 e. The lowest BCUT2D eigenvalue weighted by Gasteiger charge is -2.14. The first-order chi connectivity index (χ1) is 12.9. The minimum absolute atomic E-state index is 0.121. The van der Waals surface area contributed by atoms with Crippen molar-refractivity contribution in [2.24, 2.45) is 0 Å². The lowest BCUT2D eigenvalue weighted by Crippen LogP contribution is -2.31. The van der Waals surface area contributed by atoms with Gasteiger partial charge in [0.15, 0.2) is 5.78 Å². The Hall–Kier alpha value is -2.67. The summed E-state index contributed by atoms with van der Waals surface area (Å²) in [5.41, 5.74) is 0.684. The summed E-state index contributed by atoms with van der Waals surface area (Å²) in [7, 11) is 1.41. The number of urea groups is 1. The Morgan fingerprint density at radius 1 is 1.33 bits per heavy atom. The van der Waals surface area contributed by atoms with Crippen LogP contribution in [0, 0.1) is 5.82 Å². The van der Waals surface area contributed by atoms with Crippen molar-refractivity contribution in [2.45, 2.75) is 31.7 Å². The highest BCUT2D eigenvalue weighted by molar-refractivity contribution is 6.30. The van der Waals surface area contributed by atoms with Crippen LogP contribution in [-0.2, 0) is 0 Å². The number of nitrogens with zero attached hydrogens (tertiary/aromatic N) is 1. The molecule has 2 amide bonds. The number of pyridine rings is 1. The highest BCUT2D eigenvalue weighted by atomic mass is 35.5. The lowest BCUT2D eigenvalue weighted by molar-refractivity contribution is 0.0985. The largest absolute Gasteiger partial charge is 0.496 e. The van der Waals surface area contributed by atoms with Gasteiger partial charge in [0.05, 0.1) is 17.7 Å². The molecule has 27 heavy (non-hydrogen) atoms. The third-order valence-electron chi connectivity index (χ3n) is 4.42. The molecular weight excluding hydrogens is 373 g/mol. The van der Waals surface area contributed by atoms with E-state index in [1.807, 2.05) is 0 Å². The van der Waals surface area contributed by atoms with Crippen LogP contribution >= 0.6 is 11.6 Å². The second-order valence-electron chi connectivity index (χ2n) is 6.23. The number of ether oxygens (including phenoxy) is 1. The Kier molecular flexibility index (Phi) is 5.60. The van der Waals surface area contributed by atoms with Crippen LogP contribution in [0.2, 0.25) is 5.02 Å². The SMILES string of the molecule is CCC(=O)c1ccc(F)c([C@H]2C[C@H]2NC(=O)Nc2ccc(Cl)cn2)c1OC. The van der Waals surface area contributed by atoms with Crippen molar-refractivity contribution in [3.05, 3.63) is 52.4 Å². The molecule has 1 aromatic heterocycles. The normalized spacial score (nSPS) is 17.9. The van der Waals surface area contributed by atoms with E-state index in [4.69, 9.17) is 16.3 Å². The van der Waals surface area contributed by atoms with Crippen molar-refractivity contribution in [2.75, 3.05) is 12.4 Å². The Balaban J connectivity index is 1.71. The molecule has 1 aliphatic rings. The molecule has 1 aromatic carbocycles. The number of carbonyl (C=O) groups is 2. The molecular formula is C19H19ClFN3O3. The third kappa shape index (κ3) is 4.19. The van der Waals surface area contributed by atoms with Crippen molar-refractivity contribution in [3.8, 4) is 5.75 Å². The number of hydrogen-bond donors (Lipinski definition) is 2. The molecule has 1 heterocycles. The smallest absolute Gasteiger partial charge is 0.320 e. The van der Waals surface area contributed by atoms with Crippen LogP contribution < -0.4 is 15.4 Å². The molecule has 142 valence electrons. The molecule has 0 bridgehead atoms. The topological polar surface area (TPSA) is 80.3 Å². The van der Waals surface area contributed by atoms with Gasteiger partial charge in [0.2, 0.25) is 0 Å². The van der Waals surface area contributed by atoms with Crippen LogP contribution in [0.15, 0.2) is 30.5 Å². The number of methoxy groups -OCH3 is 1. The van der Waals surface area contributed by atoms with E-state index in [2.05, 4.69) is 15.6 Å². The highest BCUT2D eigenvalue weighted by Crippen LogP contribution is 2.47. The molecule has 0 aliphatic heterocycles. The number of Topliss-reactive ketones (excluding diaryl/α,β-unsaturated/α-hetero) is 1. The van der Waals surface area contributed by atoms with Crippen molar-refractivity contribution in [3.63, 3.8) is 0 Å². The third-order valence-corrected chi connectivity index (χ3v) is 4.64. The average Bonchev–Trinajstić information content (AvgIpc) is 3.40. The van der Waals surface area contributed by atoms with E-state index in [9.17, 15) is 14.0 Å². The van der Waals surface area contributed by atoms with E-state index in [1.54, 1.807) is 19.1 Å². The first kappa shape index (κ1) is 19.1. The van der Waals surface area contributed by atoms with Gasteiger partial charge in [-0.15, -0.1) is 0 Å². The number of hydrogen-bond acceptors (Lipinski definition) is 4. The number of carbonyl (C=O) groups excluding carboxylic acids is 2. The van der Waals surface area contributed by atoms with Crippen LogP contribution in [-0.4, -0.2) is 29.9 Å². The zero-order chi connectivity index (χ0) is 19.6. The summed E-state index contributed by atoms with van der Waals surface area (Å²) in [6.45, 7) is 1.74. The minimum Gasteiger partial charge on any atom is -0.496 e. The van der Waals surface area contributed by atoms with Crippen molar-refractivity contribution in [1.82, 2.24) is 10.3 Å². The fraction of sp³-hybridized carbons (Fsp3) is 0.316. The standard InChI is InChI=1S/C19H19ClFN3O3/c1-3-15(25)11-5-6-13(21)17(18(11)27-2)12-8-14(12)23-19(26)24-16-7-4-10(20)9-22-16/h4-7,9,12,14H,3,8H2,1-2H3,(H2,22,23,24,26)/t12-,14+/m0/s1. The average molecular weight is 392 g/mol. The van der Waals surface area contributed by atoms with E-state index in [1.165, 1.54) is 25.4 Å². The summed E-state index contributed by atoms with van der Waals surface area (Å²) in [6, 6.07) is 5.20. The molecule has 0 unspecified atom stereocenters. The van der Waals surface area contributed by atoms with Gasteiger partial charge in [-0.25, -0.2) is 14.2 Å². The zero-order valence-corrected chi connectivity index (χ0v) is 15.6. The fourth-order valence-electron chi connectivity index (χ4n) is 3.00. The number of nitrogens with one attached hydrogen (secondary N) is 2. The first-order valence-corrected chi connectivity index (χ1v) is 8.91. The zero-order valence-electron chi connectivity index (χ0n) is 14.9. The Labute approximate surface area is 161 Å². The second-order valence-corrected chi connectivity index (χ2v) is 6.66. The molecule has 0 saturated heterocycles. The number of halogens is 2. The summed E-state index contributed by atoms with van der Waals surface area (Å²) in [5.74, 6) is -0.226. The van der Waals surface area contributed by atoms with Gasteiger partial charge in [-0.2, -0.15) is 0 Å². The Morgan fingerprint density at radius 2 is 2.11 bits per heavy atom. The molecule has 0 radical (unpaired) electrons. The summed E-state index contributed by atoms with van der Waals surface area (Å²) in [6.07, 6.45) is 2.27. The van der Waals surface area contributed by atoms with Gasteiger partial charge >= 0.3 is 6.03 Å². The van der Waals surface area contributed by atoms with Gasteiger partial charge in [-0.3, -0.25) is 10.1 Å². The molecule has 1 fully saturated rings. The maximum atomic E-state index is 14.4. The van der Waals surface area contributed by atoms with Crippen LogP contribution in [0.4, 0.5) is 15.0 Å². The highest BCUT2D eigenvalue weighted by Gasteiger charge is 2.43. The number of amides is 2. The van der Waals surface area contributed by atoms with Crippen LogP contribution in [0.5, 0.6) is 5.75 Å². The molecule has 1 aliphatic carbocycles. The number of aromatic nitrogens is 1. The van der Waals surface area contributed by atoms with Crippen molar-refractivity contribution in [1.29, 1.82) is 0 Å². The number of rotatable bonds is 6. The molecule has 2 atom stereocenters. The molecule has 2 aromatic rings. The summed E-state index contributed by atoms with van der Waals surface area (Å²) < 4.78 is 19.8. The predicted molar refractivity (Wildman–Crippen MR) is 100 cm³/mol. The van der Waals surface area contributed by atoms with E-state index in [0.717, 1.165) is 0 Å². The van der Waals surface area contributed by atoms with Gasteiger partial charge in [0.1, 0.15) is 17.4 Å². The first-order valence-electron chi connectivity index (χ1n) is 8.53. The van der Waals surface area contributed by atoms with Gasteiger partial charge in [-0.05, 0) is 30.7 Å². The fourth-order valence-corrected chi connectivity index (χ4v) is 3.11. The van der Waals surface area contributed by atoms with E-state index < -0.39 is 11.8 Å². The minimum atomic E-state index is -0.450. The van der Waals surface area contributed by atoms with E-state index in [0.29, 0.717) is 34.8 Å². The summed E-state index contributed by atoms with van der Waals surface area (Å²) in [5, 5.41) is 5.84. The molecule has 3 rings (SSSR count). The van der Waals surface area contributed by atoms with E-state index >= 15 is 0 Å². The van der Waals surface area contributed by atoms with Crippen LogP contribution in [0.25, 0.3) is 0 Å². The predicted octanol–water partition coefficient (Wildman–Crippen LogP) is 4.15. The Morgan fingerprint density at radius 3 is 2.74 bits per heavy atom. The number of benzene rings is 1. The van der Waals surface area contributed by atoms with E-state index in [-0.39, 0.29) is 23.5 Å². The van der Waals surface area contributed by atoms with Gasteiger partial charge in [0, 0.05) is 30.1 Å². The van der Waals surface area contributed by atoms with Gasteiger partial charge < -0.3 is 10.1 Å². The maximum absolute atomic E-state index is 14.4. The summed E-state index contributed by atoms with van der Waals surface area (Å²) in [4.78, 5) is 28.2. The molecule has 8 heteroatoms. The monoisotopic (exact) mass is 391 g/mol. The molecule has 2 N–H and O–H groups in total. The quantitative estimate of drug-likeness (QED) is 0.725. The number of anilines is 1. The van der Waals surface area contributed by atoms with Gasteiger partial charge in [0.25, 0.3) is 0 Å². The van der Waals surface area contributed by atoms with Crippen LogP contribution in [0.1, 0.15) is 41.6 Å². The van der Waals surface area contributed by atoms with Crippen LogP contribution in [0.3, 0.4) is 0 Å². The summed E-state index contributed by atoms with van der Waals surface area (Å²) >= 11 is 5.76. The molecule has 0 spiro atoms. The molecule has 1 saturated carbocycles. The van der Waals surface area contributed by atoms with Gasteiger partial charge in [-0.1, -0.05) is 18.5 Å². The molecule has 6 nitrogen and oxygen atoms in total. The van der Waals surface area contributed by atoms with Crippen molar-refractivity contribution >= 4 is 29.2 Å². The number of ketones is 1. The Bertz CT molecular complexity index is 873. The second kappa shape index (κ2) is 7.92. The van der Waals surface area contributed by atoms with Crippen molar-refractivity contribution < 1.29 is 18.7 Å². The lowest BCUT2D eigenvalue weighted by atomic mass is 10.00.